The molecule has 6 nitrogen and oxygen atoms in total. The minimum atomic E-state index is -4.56. The van der Waals surface area contributed by atoms with E-state index in [4.69, 9.17) is 4.74 Å². The summed E-state index contributed by atoms with van der Waals surface area (Å²) in [5.41, 5.74) is -1.99. The maximum atomic E-state index is 13.3. The van der Waals surface area contributed by atoms with Crippen molar-refractivity contribution in [1.29, 1.82) is 0 Å². The average Bonchev–Trinajstić information content (AvgIpc) is 2.97. The number of carbonyl (C=O) groups excluding carboxylic acids is 3. The standard InChI is InChI=1S/C23H23F3N2O4/c1-27(14-15-8-4-5-9-16(15)23(24,25)26)19(29)12-22(13-20(30)28(2)21(22)31)17-10-6-7-11-18(17)32-3/h4-11H,12-14H2,1-3H3. The van der Waals surface area contributed by atoms with Gasteiger partial charge >= 0.3 is 6.18 Å². The van der Waals surface area contributed by atoms with Crippen LogP contribution < -0.4 is 4.74 Å². The highest BCUT2D eigenvalue weighted by atomic mass is 19.4. The van der Waals surface area contributed by atoms with E-state index in [9.17, 15) is 27.6 Å². The van der Waals surface area contributed by atoms with Crippen LogP contribution in [-0.2, 0) is 32.5 Å². The quantitative estimate of drug-likeness (QED) is 0.636. The number of amides is 3. The van der Waals surface area contributed by atoms with E-state index in [0.29, 0.717) is 11.3 Å². The van der Waals surface area contributed by atoms with Crippen LogP contribution in [0.2, 0.25) is 0 Å². The van der Waals surface area contributed by atoms with Gasteiger partial charge in [-0.2, -0.15) is 13.2 Å². The van der Waals surface area contributed by atoms with Gasteiger partial charge < -0.3 is 9.64 Å². The van der Waals surface area contributed by atoms with Gasteiger partial charge in [-0.15, -0.1) is 0 Å². The van der Waals surface area contributed by atoms with Crippen LogP contribution in [0.4, 0.5) is 13.2 Å². The summed E-state index contributed by atoms with van der Waals surface area (Å²) in [6, 6.07) is 11.6. The Kier molecular flexibility index (Phi) is 6.29. The Morgan fingerprint density at radius 1 is 1.12 bits per heavy atom. The molecular formula is C23H23F3N2O4. The van der Waals surface area contributed by atoms with E-state index >= 15 is 0 Å². The molecule has 1 fully saturated rings. The molecule has 0 bridgehead atoms. The van der Waals surface area contributed by atoms with Crippen molar-refractivity contribution >= 4 is 17.7 Å². The van der Waals surface area contributed by atoms with Crippen molar-refractivity contribution in [2.75, 3.05) is 21.2 Å². The van der Waals surface area contributed by atoms with Gasteiger partial charge in [0.15, 0.2) is 0 Å². The second-order valence-corrected chi connectivity index (χ2v) is 7.80. The Bertz CT molecular complexity index is 1050. The maximum Gasteiger partial charge on any atom is 0.416 e. The van der Waals surface area contributed by atoms with Gasteiger partial charge in [-0.25, -0.2) is 0 Å². The summed E-state index contributed by atoms with van der Waals surface area (Å²) in [7, 11) is 4.13. The van der Waals surface area contributed by atoms with Crippen LogP contribution in [-0.4, -0.2) is 48.7 Å². The molecular weight excluding hydrogens is 425 g/mol. The van der Waals surface area contributed by atoms with E-state index in [1.54, 1.807) is 24.3 Å². The lowest BCUT2D eigenvalue weighted by atomic mass is 9.75. The molecule has 0 N–H and O–H groups in total. The molecule has 1 saturated heterocycles. The van der Waals surface area contributed by atoms with Gasteiger partial charge in [-0.05, 0) is 17.7 Å². The first-order chi connectivity index (χ1) is 15.0. The summed E-state index contributed by atoms with van der Waals surface area (Å²) >= 11 is 0. The third-order valence-electron chi connectivity index (χ3n) is 5.77. The van der Waals surface area contributed by atoms with Gasteiger partial charge in [-0.3, -0.25) is 19.3 Å². The molecule has 3 rings (SSSR count). The fraction of sp³-hybridized carbons (Fsp3) is 0.348. The Morgan fingerprint density at radius 3 is 2.34 bits per heavy atom. The minimum Gasteiger partial charge on any atom is -0.496 e. The molecule has 1 unspecified atom stereocenters. The van der Waals surface area contributed by atoms with Crippen LogP contribution in [0.1, 0.15) is 29.5 Å². The zero-order chi connectivity index (χ0) is 23.7. The number of para-hydroxylation sites is 1. The number of benzene rings is 2. The molecule has 9 heteroatoms. The normalized spacial score (nSPS) is 18.8. The first-order valence-corrected chi connectivity index (χ1v) is 9.85. The van der Waals surface area contributed by atoms with Crippen LogP contribution in [0.5, 0.6) is 5.75 Å². The van der Waals surface area contributed by atoms with E-state index in [0.717, 1.165) is 15.9 Å². The number of likely N-dealkylation sites (tertiary alicyclic amines) is 1. The van der Waals surface area contributed by atoms with E-state index in [2.05, 4.69) is 0 Å². The molecule has 2 aromatic carbocycles. The monoisotopic (exact) mass is 448 g/mol. The van der Waals surface area contributed by atoms with Crippen molar-refractivity contribution in [2.24, 2.45) is 0 Å². The zero-order valence-corrected chi connectivity index (χ0v) is 17.9. The predicted molar refractivity (Wildman–Crippen MR) is 110 cm³/mol. The largest absolute Gasteiger partial charge is 0.496 e. The van der Waals surface area contributed by atoms with Gasteiger partial charge in [0.1, 0.15) is 5.75 Å². The molecule has 1 atom stereocenters. The zero-order valence-electron chi connectivity index (χ0n) is 17.9. The first-order valence-electron chi connectivity index (χ1n) is 9.85. The lowest BCUT2D eigenvalue weighted by Gasteiger charge is -2.30. The van der Waals surface area contributed by atoms with E-state index in [-0.39, 0.29) is 24.9 Å². The summed E-state index contributed by atoms with van der Waals surface area (Å²) in [6.07, 6.45) is -5.18. The molecule has 0 aliphatic carbocycles. The van der Waals surface area contributed by atoms with Crippen LogP contribution in [0.15, 0.2) is 48.5 Å². The summed E-state index contributed by atoms with van der Waals surface area (Å²) in [5, 5.41) is 0. The molecule has 1 aliphatic heterocycles. The highest BCUT2D eigenvalue weighted by Gasteiger charge is 2.54. The molecule has 32 heavy (non-hydrogen) atoms. The van der Waals surface area contributed by atoms with E-state index in [1.165, 1.54) is 39.4 Å². The molecule has 170 valence electrons. The molecule has 1 aliphatic rings. The van der Waals surface area contributed by atoms with Crippen molar-refractivity contribution in [3.63, 3.8) is 0 Å². The van der Waals surface area contributed by atoms with Crippen molar-refractivity contribution < 1.29 is 32.3 Å². The van der Waals surface area contributed by atoms with Crippen LogP contribution in [0, 0.1) is 0 Å². The molecule has 3 amide bonds. The summed E-state index contributed by atoms with van der Waals surface area (Å²) in [6.45, 7) is -0.297. The van der Waals surface area contributed by atoms with E-state index in [1.807, 2.05) is 0 Å². The molecule has 0 spiro atoms. The van der Waals surface area contributed by atoms with Crippen molar-refractivity contribution in [2.45, 2.75) is 31.0 Å². The van der Waals surface area contributed by atoms with Crippen molar-refractivity contribution in [1.82, 2.24) is 9.80 Å². The molecule has 0 aromatic heterocycles. The SMILES string of the molecule is COc1ccccc1C1(CC(=O)N(C)Cc2ccccc2C(F)(F)F)CC(=O)N(C)C1=O. The van der Waals surface area contributed by atoms with Crippen LogP contribution in [0.25, 0.3) is 0 Å². The average molecular weight is 448 g/mol. The number of likely N-dealkylation sites (N-methyl/N-ethyl adjacent to an activating group) is 1. The highest BCUT2D eigenvalue weighted by Crippen LogP contribution is 2.43. The second kappa shape index (κ2) is 8.64. The minimum absolute atomic E-state index is 0.0619. The number of halogens is 3. The second-order valence-electron chi connectivity index (χ2n) is 7.80. The smallest absolute Gasteiger partial charge is 0.416 e. The number of hydrogen-bond acceptors (Lipinski definition) is 4. The van der Waals surface area contributed by atoms with Gasteiger partial charge in [0, 0.05) is 39.0 Å². The third-order valence-corrected chi connectivity index (χ3v) is 5.77. The number of nitrogens with zero attached hydrogens (tertiary/aromatic N) is 2. The first kappa shape index (κ1) is 23.3. The van der Waals surface area contributed by atoms with Crippen LogP contribution in [0.3, 0.4) is 0 Å². The number of rotatable bonds is 6. The summed E-state index contributed by atoms with van der Waals surface area (Å²) in [5.74, 6) is -1.21. The van der Waals surface area contributed by atoms with Gasteiger partial charge in [-0.1, -0.05) is 36.4 Å². The number of carbonyl (C=O) groups is 3. The topological polar surface area (TPSA) is 66.9 Å². The predicted octanol–water partition coefficient (Wildman–Crippen LogP) is 3.39. The Hall–Kier alpha value is -3.36. The Balaban J connectivity index is 1.94. The Labute approximate surface area is 183 Å². The number of imide groups is 1. The number of methoxy groups -OCH3 is 1. The molecule has 0 radical (unpaired) electrons. The molecule has 1 heterocycles. The third kappa shape index (κ3) is 4.19. The highest BCUT2D eigenvalue weighted by molar-refractivity contribution is 6.10. The maximum absolute atomic E-state index is 13.3. The summed E-state index contributed by atoms with van der Waals surface area (Å²) < 4.78 is 45.3. The molecule has 0 saturated carbocycles. The number of ether oxygens (including phenoxy) is 1. The van der Waals surface area contributed by atoms with Crippen molar-refractivity contribution in [3.8, 4) is 5.75 Å². The number of alkyl halides is 3. The Morgan fingerprint density at radius 2 is 1.75 bits per heavy atom. The lowest BCUT2D eigenvalue weighted by Crippen LogP contribution is -2.42. The lowest BCUT2D eigenvalue weighted by molar-refractivity contribution is -0.141. The molecule has 2 aromatic rings. The number of hydrogen-bond donors (Lipinski definition) is 0. The van der Waals surface area contributed by atoms with Gasteiger partial charge in [0.25, 0.3) is 0 Å². The van der Waals surface area contributed by atoms with E-state index < -0.39 is 34.9 Å². The van der Waals surface area contributed by atoms with Gasteiger partial charge in [0.05, 0.1) is 18.1 Å². The summed E-state index contributed by atoms with van der Waals surface area (Å²) in [4.78, 5) is 40.8. The fourth-order valence-electron chi connectivity index (χ4n) is 4.04. The fourth-order valence-corrected chi connectivity index (χ4v) is 4.04. The van der Waals surface area contributed by atoms with Crippen molar-refractivity contribution in [3.05, 3.63) is 65.2 Å². The van der Waals surface area contributed by atoms with Gasteiger partial charge in [0.2, 0.25) is 17.7 Å². The van der Waals surface area contributed by atoms with Crippen LogP contribution >= 0.6 is 0 Å².